The molecule has 0 bridgehead atoms. The molecule has 0 saturated carbocycles. The smallest absolute Gasteiger partial charge is 0.164 e. The maximum Gasteiger partial charge on any atom is 0.164 e. The predicted octanol–water partition coefficient (Wildman–Crippen LogP) is 3.05. The summed E-state index contributed by atoms with van der Waals surface area (Å²) in [4.78, 5) is 0. The van der Waals surface area contributed by atoms with E-state index < -0.39 is 18.0 Å². The van der Waals surface area contributed by atoms with Gasteiger partial charge < -0.3 is 23.7 Å². The van der Waals surface area contributed by atoms with Crippen LogP contribution in [0.4, 0.5) is 0 Å². The Morgan fingerprint density at radius 2 is 1.91 bits per heavy atom. The van der Waals surface area contributed by atoms with Gasteiger partial charge in [0.15, 0.2) is 5.79 Å². The lowest BCUT2D eigenvalue weighted by molar-refractivity contribution is -0.159. The molecule has 1 aromatic heterocycles. The van der Waals surface area contributed by atoms with Gasteiger partial charge in [-0.3, -0.25) is 0 Å². The van der Waals surface area contributed by atoms with Gasteiger partial charge in [-0.2, -0.15) is 0 Å². The standard InChI is InChI=1S/C18H22O5/c1-18(2)22-15(12-20-11-13-7-4-3-5-8-13)17(23-18)16(19)14-9-6-10-21-14/h3-10,15-17,19H,11-12H2,1-2H3/t15-,16-,17+/m0/s1. The van der Waals surface area contributed by atoms with Gasteiger partial charge in [0.2, 0.25) is 0 Å². The van der Waals surface area contributed by atoms with Crippen LogP contribution in [0.2, 0.25) is 0 Å². The Labute approximate surface area is 135 Å². The number of furan rings is 1. The maximum atomic E-state index is 10.5. The van der Waals surface area contributed by atoms with Gasteiger partial charge >= 0.3 is 0 Å². The normalized spacial score (nSPS) is 24.7. The molecule has 5 heteroatoms. The SMILES string of the molecule is CC1(C)O[C@@H]([C@@H](O)c2ccco2)[C@H](COCc2ccccc2)O1. The third-order valence-corrected chi connectivity index (χ3v) is 3.76. The minimum Gasteiger partial charge on any atom is -0.466 e. The second-order valence-electron chi connectivity index (χ2n) is 6.10. The highest BCUT2D eigenvalue weighted by atomic mass is 16.8. The zero-order valence-corrected chi connectivity index (χ0v) is 13.3. The monoisotopic (exact) mass is 318 g/mol. The van der Waals surface area contributed by atoms with E-state index in [0.717, 1.165) is 5.56 Å². The second-order valence-corrected chi connectivity index (χ2v) is 6.10. The van der Waals surface area contributed by atoms with Gasteiger partial charge in [0.05, 0.1) is 19.5 Å². The molecule has 0 spiro atoms. The molecule has 1 fully saturated rings. The van der Waals surface area contributed by atoms with Crippen molar-refractivity contribution in [2.24, 2.45) is 0 Å². The average molecular weight is 318 g/mol. The van der Waals surface area contributed by atoms with Crippen molar-refractivity contribution in [2.75, 3.05) is 6.61 Å². The number of ether oxygens (including phenoxy) is 3. The van der Waals surface area contributed by atoms with Crippen LogP contribution in [0.1, 0.15) is 31.3 Å². The van der Waals surface area contributed by atoms with Gasteiger partial charge in [-0.15, -0.1) is 0 Å². The topological polar surface area (TPSA) is 61.1 Å². The third-order valence-electron chi connectivity index (χ3n) is 3.76. The fourth-order valence-corrected chi connectivity index (χ4v) is 2.75. The summed E-state index contributed by atoms with van der Waals surface area (Å²) in [5.74, 6) is -0.302. The van der Waals surface area contributed by atoms with Crippen LogP contribution >= 0.6 is 0 Å². The Hall–Kier alpha value is -1.66. The molecule has 1 aliphatic heterocycles. The number of benzene rings is 1. The molecule has 2 aromatic rings. The molecule has 23 heavy (non-hydrogen) atoms. The second kappa shape index (κ2) is 6.84. The molecule has 1 N–H and O–H groups in total. The third kappa shape index (κ3) is 4.00. The van der Waals surface area contributed by atoms with E-state index in [1.807, 2.05) is 44.2 Å². The Kier molecular flexibility index (Phi) is 4.82. The van der Waals surface area contributed by atoms with Crippen LogP contribution in [-0.2, 0) is 20.8 Å². The van der Waals surface area contributed by atoms with Crippen LogP contribution < -0.4 is 0 Å². The Balaban J connectivity index is 1.61. The molecule has 0 radical (unpaired) electrons. The van der Waals surface area contributed by atoms with E-state index in [9.17, 15) is 5.11 Å². The molecular weight excluding hydrogens is 296 g/mol. The summed E-state index contributed by atoms with van der Waals surface area (Å²) in [5, 5.41) is 10.5. The van der Waals surface area contributed by atoms with Crippen LogP contribution in [-0.4, -0.2) is 29.7 Å². The summed E-state index contributed by atoms with van der Waals surface area (Å²) in [6, 6.07) is 13.4. The van der Waals surface area contributed by atoms with Crippen molar-refractivity contribution in [3.8, 4) is 0 Å². The predicted molar refractivity (Wildman–Crippen MR) is 83.6 cm³/mol. The molecule has 0 aliphatic carbocycles. The zero-order chi connectivity index (χ0) is 16.3. The summed E-state index contributed by atoms with van der Waals surface area (Å²) in [6.45, 7) is 4.48. The van der Waals surface area contributed by atoms with Crippen molar-refractivity contribution in [3.05, 3.63) is 60.1 Å². The zero-order valence-electron chi connectivity index (χ0n) is 13.3. The van der Waals surface area contributed by atoms with Gasteiger partial charge in [-0.05, 0) is 31.5 Å². The number of rotatable bonds is 6. The fourth-order valence-electron chi connectivity index (χ4n) is 2.75. The first kappa shape index (κ1) is 16.2. The quantitative estimate of drug-likeness (QED) is 0.887. The first-order chi connectivity index (χ1) is 11.1. The Bertz CT molecular complexity index is 593. The van der Waals surface area contributed by atoms with Crippen LogP contribution in [0.15, 0.2) is 53.1 Å². The lowest BCUT2D eigenvalue weighted by Gasteiger charge is -2.21. The summed E-state index contributed by atoms with van der Waals surface area (Å²) < 4.78 is 22.7. The van der Waals surface area contributed by atoms with E-state index in [4.69, 9.17) is 18.6 Å². The summed E-state index contributed by atoms with van der Waals surface area (Å²) >= 11 is 0. The minimum atomic E-state index is -0.892. The minimum absolute atomic E-state index is 0.334. The number of hydrogen-bond acceptors (Lipinski definition) is 5. The molecule has 5 nitrogen and oxygen atoms in total. The largest absolute Gasteiger partial charge is 0.466 e. The molecule has 1 aromatic carbocycles. The van der Waals surface area contributed by atoms with Gasteiger partial charge in [0, 0.05) is 0 Å². The Morgan fingerprint density at radius 1 is 1.13 bits per heavy atom. The van der Waals surface area contributed by atoms with Crippen LogP contribution in [0.3, 0.4) is 0 Å². The van der Waals surface area contributed by atoms with E-state index in [1.165, 1.54) is 6.26 Å². The molecule has 1 aliphatic rings. The molecular formula is C18H22O5. The molecule has 2 heterocycles. The van der Waals surface area contributed by atoms with Gasteiger partial charge in [0.1, 0.15) is 24.1 Å². The summed E-state index contributed by atoms with van der Waals surface area (Å²) in [5.41, 5.74) is 1.09. The van der Waals surface area contributed by atoms with Crippen LogP contribution in [0.5, 0.6) is 0 Å². The first-order valence-corrected chi connectivity index (χ1v) is 7.74. The lowest BCUT2D eigenvalue weighted by atomic mass is 10.1. The van der Waals surface area contributed by atoms with E-state index >= 15 is 0 Å². The van der Waals surface area contributed by atoms with Crippen LogP contribution in [0, 0.1) is 0 Å². The number of aliphatic hydroxyl groups excluding tert-OH is 1. The van der Waals surface area contributed by atoms with E-state index in [1.54, 1.807) is 12.1 Å². The highest BCUT2D eigenvalue weighted by molar-refractivity contribution is 5.13. The average Bonchev–Trinajstić information content (AvgIpc) is 3.15. The van der Waals surface area contributed by atoms with Crippen molar-refractivity contribution < 1.29 is 23.7 Å². The number of hydrogen-bond donors (Lipinski definition) is 1. The van der Waals surface area contributed by atoms with Gasteiger partial charge in [0.25, 0.3) is 0 Å². The van der Waals surface area contributed by atoms with Gasteiger partial charge in [-0.25, -0.2) is 0 Å². The summed E-state index contributed by atoms with van der Waals surface area (Å²) in [7, 11) is 0. The molecule has 124 valence electrons. The van der Waals surface area contributed by atoms with Crippen molar-refractivity contribution in [1.82, 2.24) is 0 Å². The van der Waals surface area contributed by atoms with Crippen molar-refractivity contribution in [3.63, 3.8) is 0 Å². The Morgan fingerprint density at radius 3 is 2.61 bits per heavy atom. The maximum absolute atomic E-state index is 10.5. The highest BCUT2D eigenvalue weighted by Gasteiger charge is 2.46. The van der Waals surface area contributed by atoms with Crippen molar-refractivity contribution in [1.29, 1.82) is 0 Å². The van der Waals surface area contributed by atoms with Gasteiger partial charge in [-0.1, -0.05) is 30.3 Å². The van der Waals surface area contributed by atoms with Crippen LogP contribution in [0.25, 0.3) is 0 Å². The molecule has 0 unspecified atom stereocenters. The highest BCUT2D eigenvalue weighted by Crippen LogP contribution is 2.35. The number of aliphatic hydroxyl groups is 1. The molecule has 1 saturated heterocycles. The lowest BCUT2D eigenvalue weighted by Crippen LogP contribution is -2.33. The van der Waals surface area contributed by atoms with E-state index in [2.05, 4.69) is 0 Å². The molecule has 0 amide bonds. The summed E-state index contributed by atoms with van der Waals surface area (Å²) in [6.07, 6.45) is -0.265. The molecule has 3 rings (SSSR count). The van der Waals surface area contributed by atoms with Crippen molar-refractivity contribution in [2.45, 2.75) is 44.6 Å². The first-order valence-electron chi connectivity index (χ1n) is 7.74. The molecule has 3 atom stereocenters. The van der Waals surface area contributed by atoms with E-state index in [0.29, 0.717) is 19.0 Å². The van der Waals surface area contributed by atoms with E-state index in [-0.39, 0.29) is 6.10 Å². The fraction of sp³-hybridized carbons (Fsp3) is 0.444. The van der Waals surface area contributed by atoms with Crippen molar-refractivity contribution >= 4 is 0 Å².